The maximum Gasteiger partial charge on any atom is 0.216 e. The van der Waals surface area contributed by atoms with E-state index in [9.17, 15) is 5.11 Å². The second kappa shape index (κ2) is 6.28. The van der Waals surface area contributed by atoms with Crippen LogP contribution in [0.4, 0.5) is 5.69 Å². The third-order valence-electron chi connectivity index (χ3n) is 3.14. The van der Waals surface area contributed by atoms with Crippen molar-refractivity contribution in [2.75, 3.05) is 19.0 Å². The predicted octanol–water partition coefficient (Wildman–Crippen LogP) is 2.65. The van der Waals surface area contributed by atoms with Crippen molar-refractivity contribution in [2.24, 2.45) is 7.05 Å². The summed E-state index contributed by atoms with van der Waals surface area (Å²) in [5, 5.41) is 17.4. The van der Waals surface area contributed by atoms with Crippen molar-refractivity contribution >= 4 is 21.6 Å². The van der Waals surface area contributed by atoms with E-state index in [1.54, 1.807) is 11.8 Å². The van der Waals surface area contributed by atoms with Crippen LogP contribution in [0.5, 0.6) is 5.88 Å². The van der Waals surface area contributed by atoms with Crippen molar-refractivity contribution in [3.05, 3.63) is 40.0 Å². The van der Waals surface area contributed by atoms with Crippen molar-refractivity contribution in [2.45, 2.75) is 13.0 Å². The fraction of sp³-hybridized carbons (Fsp3) is 0.357. The van der Waals surface area contributed by atoms with Crippen LogP contribution in [0.1, 0.15) is 17.3 Å². The SMILES string of the molecule is COc1c(C(CO)Nc2ccccc2Br)c(C)nn1C. The van der Waals surface area contributed by atoms with E-state index in [4.69, 9.17) is 4.74 Å². The number of nitrogens with zero attached hydrogens (tertiary/aromatic N) is 2. The Morgan fingerprint density at radius 2 is 2.15 bits per heavy atom. The third kappa shape index (κ3) is 2.81. The van der Waals surface area contributed by atoms with Gasteiger partial charge in [-0.2, -0.15) is 5.10 Å². The lowest BCUT2D eigenvalue weighted by Crippen LogP contribution is -2.16. The van der Waals surface area contributed by atoms with Crippen molar-refractivity contribution in [3.8, 4) is 5.88 Å². The molecule has 20 heavy (non-hydrogen) atoms. The van der Waals surface area contributed by atoms with Crippen molar-refractivity contribution < 1.29 is 9.84 Å². The number of halogens is 1. The molecule has 108 valence electrons. The number of benzene rings is 1. The molecule has 2 aromatic rings. The molecule has 1 aromatic carbocycles. The van der Waals surface area contributed by atoms with Gasteiger partial charge in [-0.3, -0.25) is 0 Å². The second-order valence-corrected chi connectivity index (χ2v) is 5.35. The highest BCUT2D eigenvalue weighted by molar-refractivity contribution is 9.10. The average Bonchev–Trinajstić information content (AvgIpc) is 2.72. The molecule has 1 aromatic heterocycles. The van der Waals surface area contributed by atoms with Gasteiger partial charge in [-0.1, -0.05) is 12.1 Å². The summed E-state index contributed by atoms with van der Waals surface area (Å²) in [6, 6.07) is 7.50. The van der Waals surface area contributed by atoms with Crippen LogP contribution >= 0.6 is 15.9 Å². The molecular formula is C14H18BrN3O2. The molecule has 0 fully saturated rings. The molecule has 0 bridgehead atoms. The zero-order valence-corrected chi connectivity index (χ0v) is 13.3. The Balaban J connectivity index is 2.36. The highest BCUT2D eigenvalue weighted by Gasteiger charge is 2.23. The number of ether oxygens (including phenoxy) is 1. The fourth-order valence-corrected chi connectivity index (χ4v) is 2.67. The normalized spacial score (nSPS) is 12.2. The average molecular weight is 340 g/mol. The largest absolute Gasteiger partial charge is 0.481 e. The van der Waals surface area contributed by atoms with E-state index in [0.717, 1.165) is 21.4 Å². The number of hydrogen-bond donors (Lipinski definition) is 2. The van der Waals surface area contributed by atoms with Crippen molar-refractivity contribution in [1.29, 1.82) is 0 Å². The first kappa shape index (κ1) is 14.9. The molecule has 0 spiro atoms. The van der Waals surface area contributed by atoms with Crippen LogP contribution in [0.25, 0.3) is 0 Å². The first-order chi connectivity index (χ1) is 9.58. The molecule has 1 atom stereocenters. The van der Waals surface area contributed by atoms with E-state index in [2.05, 4.69) is 26.3 Å². The molecule has 1 heterocycles. The van der Waals surface area contributed by atoms with Crippen LogP contribution < -0.4 is 10.1 Å². The summed E-state index contributed by atoms with van der Waals surface area (Å²) in [5.41, 5.74) is 2.62. The Hall–Kier alpha value is -1.53. The third-order valence-corrected chi connectivity index (χ3v) is 3.83. The van der Waals surface area contributed by atoms with Gasteiger partial charge in [-0.15, -0.1) is 0 Å². The van der Waals surface area contributed by atoms with Gasteiger partial charge >= 0.3 is 0 Å². The van der Waals surface area contributed by atoms with Gasteiger partial charge in [-0.05, 0) is 35.0 Å². The Bertz CT molecular complexity index is 598. The van der Waals surface area contributed by atoms with Crippen LogP contribution in [0.2, 0.25) is 0 Å². The van der Waals surface area contributed by atoms with Crippen LogP contribution in [0.15, 0.2) is 28.7 Å². The summed E-state index contributed by atoms with van der Waals surface area (Å²) in [6.45, 7) is 1.85. The molecule has 2 N–H and O–H groups in total. The minimum atomic E-state index is -0.280. The van der Waals surface area contributed by atoms with Crippen molar-refractivity contribution in [3.63, 3.8) is 0 Å². The molecule has 2 rings (SSSR count). The summed E-state index contributed by atoms with van der Waals surface area (Å²) < 4.78 is 8.00. The monoisotopic (exact) mass is 339 g/mol. The van der Waals surface area contributed by atoms with E-state index in [1.807, 2.05) is 38.2 Å². The minimum Gasteiger partial charge on any atom is -0.481 e. The summed E-state index contributed by atoms with van der Waals surface area (Å²) in [7, 11) is 3.43. The second-order valence-electron chi connectivity index (χ2n) is 4.49. The minimum absolute atomic E-state index is 0.0514. The molecule has 0 amide bonds. The number of anilines is 1. The van der Waals surface area contributed by atoms with Crippen LogP contribution in [0.3, 0.4) is 0 Å². The van der Waals surface area contributed by atoms with Gasteiger partial charge in [0.05, 0.1) is 31.0 Å². The maximum absolute atomic E-state index is 9.71. The first-order valence-electron chi connectivity index (χ1n) is 6.27. The lowest BCUT2D eigenvalue weighted by molar-refractivity contribution is 0.271. The molecule has 0 aliphatic heterocycles. The molecule has 0 saturated carbocycles. The van der Waals surface area contributed by atoms with E-state index in [-0.39, 0.29) is 12.6 Å². The fourth-order valence-electron chi connectivity index (χ4n) is 2.27. The summed E-state index contributed by atoms with van der Waals surface area (Å²) in [5.74, 6) is 0.654. The van der Waals surface area contributed by atoms with Crippen LogP contribution in [0, 0.1) is 6.92 Å². The molecule has 6 heteroatoms. The maximum atomic E-state index is 9.71. The lowest BCUT2D eigenvalue weighted by Gasteiger charge is -2.19. The van der Waals surface area contributed by atoms with Gasteiger partial charge in [-0.25, -0.2) is 4.68 Å². The molecule has 5 nitrogen and oxygen atoms in total. The highest BCUT2D eigenvalue weighted by Crippen LogP contribution is 2.32. The molecule has 0 aliphatic rings. The lowest BCUT2D eigenvalue weighted by atomic mass is 10.1. The van der Waals surface area contributed by atoms with E-state index < -0.39 is 0 Å². The zero-order valence-electron chi connectivity index (χ0n) is 11.7. The number of aromatic nitrogens is 2. The molecular weight excluding hydrogens is 322 g/mol. The first-order valence-corrected chi connectivity index (χ1v) is 7.07. The van der Waals surface area contributed by atoms with Gasteiger partial charge in [0.15, 0.2) is 0 Å². The Morgan fingerprint density at radius 1 is 1.45 bits per heavy atom. The Morgan fingerprint density at radius 3 is 2.75 bits per heavy atom. The number of para-hydroxylation sites is 1. The van der Waals surface area contributed by atoms with Gasteiger partial charge in [0.1, 0.15) is 0 Å². The molecule has 0 radical (unpaired) electrons. The summed E-state index contributed by atoms with van der Waals surface area (Å²) in [4.78, 5) is 0. The Labute approximate surface area is 126 Å². The van der Waals surface area contributed by atoms with E-state index in [1.165, 1.54) is 0 Å². The molecule has 0 saturated heterocycles. The summed E-state index contributed by atoms with van der Waals surface area (Å²) in [6.07, 6.45) is 0. The number of aliphatic hydroxyl groups excluding tert-OH is 1. The van der Waals surface area contributed by atoms with Gasteiger partial charge in [0.25, 0.3) is 0 Å². The smallest absolute Gasteiger partial charge is 0.216 e. The topological polar surface area (TPSA) is 59.3 Å². The number of hydrogen-bond acceptors (Lipinski definition) is 4. The number of nitrogens with one attached hydrogen (secondary N) is 1. The predicted molar refractivity (Wildman–Crippen MR) is 82.1 cm³/mol. The number of methoxy groups -OCH3 is 1. The van der Waals surface area contributed by atoms with E-state index in [0.29, 0.717) is 5.88 Å². The van der Waals surface area contributed by atoms with E-state index >= 15 is 0 Å². The van der Waals surface area contributed by atoms with Crippen LogP contribution in [-0.2, 0) is 7.05 Å². The standard InChI is InChI=1S/C14H18BrN3O2/c1-9-13(14(20-3)18(2)17-9)12(8-19)16-11-7-5-4-6-10(11)15/h4-7,12,16,19H,8H2,1-3H3. The number of aliphatic hydroxyl groups is 1. The van der Waals surface area contributed by atoms with Crippen LogP contribution in [-0.4, -0.2) is 28.6 Å². The van der Waals surface area contributed by atoms with Gasteiger partial charge in [0.2, 0.25) is 5.88 Å². The Kier molecular flexibility index (Phi) is 4.67. The summed E-state index contributed by atoms with van der Waals surface area (Å²) >= 11 is 3.49. The number of aryl methyl sites for hydroxylation is 2. The van der Waals surface area contributed by atoms with Gasteiger partial charge in [0, 0.05) is 17.2 Å². The highest BCUT2D eigenvalue weighted by atomic mass is 79.9. The quantitative estimate of drug-likeness (QED) is 0.879. The molecule has 0 aliphatic carbocycles. The van der Waals surface area contributed by atoms with Crippen molar-refractivity contribution in [1.82, 2.24) is 9.78 Å². The zero-order chi connectivity index (χ0) is 14.7. The number of rotatable bonds is 5. The molecule has 1 unspecified atom stereocenters. The van der Waals surface area contributed by atoms with Gasteiger partial charge < -0.3 is 15.2 Å².